The quantitative estimate of drug-likeness (QED) is 0.188. The second kappa shape index (κ2) is 12.6. The SMILES string of the molecule is CN(C)S(=O)(=O)N(CC#N)CCSc1ccc(S(=O)(=O)CC2CCCCC2(OS(C)(=O)=O)C(N)=O)cc1F. The Bertz CT molecular complexity index is 1390. The first-order valence-electron chi connectivity index (χ1n) is 11.4. The maximum atomic E-state index is 14.8. The van der Waals surface area contributed by atoms with Gasteiger partial charge in [0, 0.05) is 37.2 Å². The normalized spacial score (nSPS) is 20.9. The molecule has 0 bridgehead atoms. The van der Waals surface area contributed by atoms with Crippen molar-refractivity contribution in [1.82, 2.24) is 8.61 Å². The lowest BCUT2D eigenvalue weighted by Crippen LogP contribution is -2.56. The van der Waals surface area contributed by atoms with Gasteiger partial charge in [0.15, 0.2) is 15.4 Å². The van der Waals surface area contributed by atoms with Crippen LogP contribution in [-0.2, 0) is 39.1 Å². The van der Waals surface area contributed by atoms with Crippen LogP contribution in [0.15, 0.2) is 28.0 Å². The molecule has 1 aliphatic carbocycles. The van der Waals surface area contributed by atoms with Crippen molar-refractivity contribution in [1.29, 1.82) is 5.26 Å². The van der Waals surface area contributed by atoms with E-state index in [-0.39, 0.29) is 34.9 Å². The molecule has 2 rings (SSSR count). The molecule has 0 aromatic heterocycles. The number of halogens is 1. The van der Waals surface area contributed by atoms with E-state index in [0.29, 0.717) is 12.8 Å². The van der Waals surface area contributed by atoms with E-state index in [1.165, 1.54) is 26.2 Å². The van der Waals surface area contributed by atoms with Gasteiger partial charge in [-0.05, 0) is 37.5 Å². The lowest BCUT2D eigenvalue weighted by atomic mass is 9.76. The standard InChI is InChI=1S/C21H31FN4O8S4/c1-25(2)38(32,33)26(11-10-23)12-13-35-19-8-7-17(14-18(19)22)37(30,31)15-16-6-4-5-9-21(16,20(24)27)34-36(3,28)29/h7-8,14,16H,4-6,9,11-13,15H2,1-3H3,(H2,24,27). The van der Waals surface area contributed by atoms with Gasteiger partial charge in [-0.1, -0.05) is 6.42 Å². The number of primary amides is 1. The summed E-state index contributed by atoms with van der Waals surface area (Å²) in [5, 5.41) is 8.92. The van der Waals surface area contributed by atoms with Gasteiger partial charge in [0.25, 0.3) is 26.2 Å². The molecule has 1 aliphatic rings. The van der Waals surface area contributed by atoms with Gasteiger partial charge >= 0.3 is 0 Å². The van der Waals surface area contributed by atoms with Crippen LogP contribution in [0, 0.1) is 23.1 Å². The summed E-state index contributed by atoms with van der Waals surface area (Å²) in [5.41, 5.74) is 3.47. The first-order valence-corrected chi connectivity index (χ1v) is 17.2. The Labute approximate surface area is 227 Å². The zero-order valence-electron chi connectivity index (χ0n) is 21.2. The number of nitrogens with zero attached hydrogens (tertiary/aromatic N) is 3. The van der Waals surface area contributed by atoms with Gasteiger partial charge in [0.1, 0.15) is 12.4 Å². The molecule has 2 unspecified atom stereocenters. The van der Waals surface area contributed by atoms with E-state index in [1.54, 1.807) is 6.07 Å². The van der Waals surface area contributed by atoms with Gasteiger partial charge in [0.2, 0.25) is 0 Å². The van der Waals surface area contributed by atoms with Crippen molar-refractivity contribution in [3.63, 3.8) is 0 Å². The Kier molecular flexibility index (Phi) is 10.7. The molecule has 17 heteroatoms. The van der Waals surface area contributed by atoms with E-state index in [1.807, 2.05) is 0 Å². The highest BCUT2D eigenvalue weighted by Crippen LogP contribution is 2.40. The van der Waals surface area contributed by atoms with Crippen molar-refractivity contribution in [3.05, 3.63) is 24.0 Å². The number of carbonyl (C=O) groups is 1. The van der Waals surface area contributed by atoms with Crippen LogP contribution >= 0.6 is 11.8 Å². The Morgan fingerprint density at radius 1 is 1.24 bits per heavy atom. The molecule has 0 heterocycles. The molecule has 1 saturated carbocycles. The molecule has 1 aromatic rings. The maximum Gasteiger partial charge on any atom is 0.282 e. The summed E-state index contributed by atoms with van der Waals surface area (Å²) in [6.07, 6.45) is 1.80. The fourth-order valence-corrected chi connectivity index (χ4v) is 8.75. The van der Waals surface area contributed by atoms with Gasteiger partial charge in [0.05, 0.1) is 23.0 Å². The first kappa shape index (κ1) is 32.4. The number of hydrogen-bond acceptors (Lipinski definition) is 10. The summed E-state index contributed by atoms with van der Waals surface area (Å²) < 4.78 is 96.4. The topological polar surface area (TPSA) is 185 Å². The summed E-state index contributed by atoms with van der Waals surface area (Å²) >= 11 is 0.942. The average molecular weight is 615 g/mol. The third kappa shape index (κ3) is 7.87. The van der Waals surface area contributed by atoms with E-state index in [4.69, 9.17) is 15.2 Å². The van der Waals surface area contributed by atoms with Gasteiger partial charge in [-0.2, -0.15) is 30.7 Å². The van der Waals surface area contributed by atoms with Crippen molar-refractivity contribution < 1.29 is 38.6 Å². The lowest BCUT2D eigenvalue weighted by Gasteiger charge is -2.40. The van der Waals surface area contributed by atoms with Crippen LogP contribution in [-0.4, -0.2) is 90.3 Å². The number of nitrogens with two attached hydrogens (primary N) is 1. The van der Waals surface area contributed by atoms with Gasteiger partial charge in [-0.25, -0.2) is 12.8 Å². The molecule has 1 fully saturated rings. The number of nitriles is 1. The van der Waals surface area contributed by atoms with Crippen molar-refractivity contribution >= 4 is 47.8 Å². The van der Waals surface area contributed by atoms with Gasteiger partial charge in [-0.3, -0.25) is 8.98 Å². The minimum atomic E-state index is -4.19. The van der Waals surface area contributed by atoms with E-state index >= 15 is 0 Å². The molecule has 1 amide bonds. The van der Waals surface area contributed by atoms with E-state index in [9.17, 15) is 34.4 Å². The molecular weight excluding hydrogens is 584 g/mol. The summed E-state index contributed by atoms with van der Waals surface area (Å²) in [4.78, 5) is 12.0. The van der Waals surface area contributed by atoms with Crippen LogP contribution in [0.25, 0.3) is 0 Å². The predicted octanol–water partition coefficient (Wildman–Crippen LogP) is 0.714. The second-order valence-electron chi connectivity index (χ2n) is 8.99. The Hall–Kier alpha value is -1.81. The van der Waals surface area contributed by atoms with Crippen molar-refractivity contribution in [2.75, 3.05) is 44.9 Å². The lowest BCUT2D eigenvalue weighted by molar-refractivity contribution is -0.140. The minimum Gasteiger partial charge on any atom is -0.367 e. The van der Waals surface area contributed by atoms with Crippen LogP contribution in [0.3, 0.4) is 0 Å². The Morgan fingerprint density at radius 2 is 1.89 bits per heavy atom. The fraction of sp³-hybridized carbons (Fsp3) is 0.619. The third-order valence-corrected chi connectivity index (χ3v) is 11.4. The highest BCUT2D eigenvalue weighted by molar-refractivity contribution is 7.99. The molecule has 12 nitrogen and oxygen atoms in total. The van der Waals surface area contributed by atoms with Crippen LogP contribution in [0.1, 0.15) is 25.7 Å². The monoisotopic (exact) mass is 614 g/mol. The fourth-order valence-electron chi connectivity index (χ4n) is 4.18. The molecule has 0 saturated heterocycles. The number of rotatable bonds is 13. The number of thioether (sulfide) groups is 1. The number of amides is 1. The van der Waals surface area contributed by atoms with Gasteiger partial charge < -0.3 is 5.73 Å². The van der Waals surface area contributed by atoms with E-state index in [0.717, 1.165) is 32.7 Å². The van der Waals surface area contributed by atoms with Crippen LogP contribution in [0.4, 0.5) is 4.39 Å². The average Bonchev–Trinajstić information content (AvgIpc) is 2.79. The third-order valence-electron chi connectivity index (χ3n) is 6.04. The minimum absolute atomic E-state index is 0.0627. The summed E-state index contributed by atoms with van der Waals surface area (Å²) in [6.45, 7) is -0.479. The molecule has 2 atom stereocenters. The zero-order valence-corrected chi connectivity index (χ0v) is 24.4. The Balaban J connectivity index is 2.22. The number of hydrogen-bond donors (Lipinski definition) is 1. The molecule has 0 radical (unpaired) electrons. The number of sulfone groups is 1. The summed E-state index contributed by atoms with van der Waals surface area (Å²) in [5.74, 6) is -3.60. The van der Waals surface area contributed by atoms with E-state index < -0.39 is 65.7 Å². The number of benzene rings is 1. The predicted molar refractivity (Wildman–Crippen MR) is 139 cm³/mol. The highest BCUT2D eigenvalue weighted by Gasteiger charge is 2.51. The Morgan fingerprint density at radius 3 is 2.42 bits per heavy atom. The highest BCUT2D eigenvalue weighted by atomic mass is 32.2. The first-order chi connectivity index (χ1) is 17.5. The van der Waals surface area contributed by atoms with Crippen molar-refractivity contribution in [2.24, 2.45) is 11.7 Å². The van der Waals surface area contributed by atoms with Crippen molar-refractivity contribution in [2.45, 2.75) is 41.1 Å². The van der Waals surface area contributed by atoms with Crippen molar-refractivity contribution in [3.8, 4) is 6.07 Å². The van der Waals surface area contributed by atoms with Gasteiger partial charge in [-0.15, -0.1) is 11.8 Å². The molecule has 38 heavy (non-hydrogen) atoms. The largest absolute Gasteiger partial charge is 0.367 e. The van der Waals surface area contributed by atoms with E-state index in [2.05, 4.69) is 0 Å². The summed E-state index contributed by atoms with van der Waals surface area (Å²) in [6, 6.07) is 4.99. The van der Waals surface area contributed by atoms with Crippen LogP contribution in [0.5, 0.6) is 0 Å². The molecule has 2 N–H and O–H groups in total. The van der Waals surface area contributed by atoms with Crippen LogP contribution in [0.2, 0.25) is 0 Å². The number of carbonyl (C=O) groups excluding carboxylic acids is 1. The zero-order chi connectivity index (χ0) is 28.9. The summed E-state index contributed by atoms with van der Waals surface area (Å²) in [7, 11) is -9.55. The molecular formula is C21H31FN4O8S4. The smallest absolute Gasteiger partial charge is 0.282 e. The maximum absolute atomic E-state index is 14.8. The molecule has 214 valence electrons. The van der Waals surface area contributed by atoms with Crippen LogP contribution < -0.4 is 5.73 Å². The second-order valence-corrected chi connectivity index (χ2v) is 15.9. The molecule has 1 aromatic carbocycles. The molecule has 0 spiro atoms. The molecule has 0 aliphatic heterocycles.